The summed E-state index contributed by atoms with van der Waals surface area (Å²) in [5.74, 6) is 3.83. The lowest BCUT2D eigenvalue weighted by molar-refractivity contribution is -0.116. The summed E-state index contributed by atoms with van der Waals surface area (Å²) in [6, 6.07) is 3.62. The summed E-state index contributed by atoms with van der Waals surface area (Å²) in [6.07, 6.45) is 7.01. The number of nitrogens with one attached hydrogen (secondary N) is 2. The predicted octanol–water partition coefficient (Wildman–Crippen LogP) is 2.49. The van der Waals surface area contributed by atoms with Gasteiger partial charge in [0.05, 0.1) is 12.3 Å². The Morgan fingerprint density at radius 2 is 2.04 bits per heavy atom. The number of β-amino-alcohol motifs (C(OH)–C–C–N with tert-alkyl or cyclic N) is 1. The van der Waals surface area contributed by atoms with Crippen LogP contribution < -0.4 is 20.1 Å². The van der Waals surface area contributed by atoms with Crippen LogP contribution in [0.4, 0.5) is 5.69 Å². The second-order valence-corrected chi connectivity index (χ2v) is 7.72. The Bertz CT molecular complexity index is 689. The van der Waals surface area contributed by atoms with Gasteiger partial charge in [-0.1, -0.05) is 0 Å². The molecule has 0 radical (unpaired) electrons. The van der Waals surface area contributed by atoms with E-state index in [1.165, 1.54) is 0 Å². The molecule has 1 unspecified atom stereocenters. The molecule has 0 saturated carbocycles. The Labute approximate surface area is 161 Å². The number of rotatable bonds is 9. The first-order valence-corrected chi connectivity index (χ1v) is 9.38. The third kappa shape index (κ3) is 6.78. The monoisotopic (exact) mass is 374 g/mol. The van der Waals surface area contributed by atoms with Crippen LogP contribution in [-0.4, -0.2) is 42.4 Å². The zero-order chi connectivity index (χ0) is 19.9. The van der Waals surface area contributed by atoms with E-state index in [9.17, 15) is 9.90 Å². The van der Waals surface area contributed by atoms with Gasteiger partial charge in [0.1, 0.15) is 24.2 Å². The molecule has 2 rings (SSSR count). The molecule has 0 spiro atoms. The molecule has 1 amide bonds. The average molecular weight is 374 g/mol. The second-order valence-electron chi connectivity index (χ2n) is 7.72. The lowest BCUT2D eigenvalue weighted by Gasteiger charge is -2.25. The van der Waals surface area contributed by atoms with Crippen LogP contribution in [-0.2, 0) is 11.2 Å². The van der Waals surface area contributed by atoms with Gasteiger partial charge in [0.25, 0.3) is 0 Å². The number of benzene rings is 1. The third-order valence-corrected chi connectivity index (χ3v) is 4.12. The highest BCUT2D eigenvalue weighted by molar-refractivity contribution is 5.96. The Morgan fingerprint density at radius 3 is 2.74 bits per heavy atom. The van der Waals surface area contributed by atoms with Crippen LogP contribution in [0.25, 0.3) is 0 Å². The van der Waals surface area contributed by atoms with E-state index < -0.39 is 6.10 Å². The molecule has 1 aromatic carbocycles. The van der Waals surface area contributed by atoms with Crippen molar-refractivity contribution >= 4 is 11.6 Å². The van der Waals surface area contributed by atoms with Gasteiger partial charge >= 0.3 is 0 Å². The molecule has 6 heteroatoms. The van der Waals surface area contributed by atoms with Crippen LogP contribution in [0.15, 0.2) is 12.1 Å². The highest BCUT2D eigenvalue weighted by Gasteiger charge is 2.23. The molecule has 0 aromatic heterocycles. The summed E-state index contributed by atoms with van der Waals surface area (Å²) < 4.78 is 11.6. The van der Waals surface area contributed by atoms with Crippen LogP contribution in [0.1, 0.15) is 45.6 Å². The highest BCUT2D eigenvalue weighted by atomic mass is 16.5. The zero-order valence-corrected chi connectivity index (χ0v) is 16.4. The van der Waals surface area contributed by atoms with Gasteiger partial charge in [0.2, 0.25) is 5.91 Å². The second kappa shape index (κ2) is 9.63. The molecule has 0 bridgehead atoms. The summed E-state index contributed by atoms with van der Waals surface area (Å²) in [4.78, 5) is 11.8. The fourth-order valence-electron chi connectivity index (χ4n) is 2.71. The van der Waals surface area contributed by atoms with Crippen molar-refractivity contribution in [3.05, 3.63) is 17.7 Å². The summed E-state index contributed by atoms with van der Waals surface area (Å²) in [5.41, 5.74) is 1.50. The van der Waals surface area contributed by atoms with E-state index in [1.54, 1.807) is 6.07 Å². The van der Waals surface area contributed by atoms with Crippen molar-refractivity contribution in [2.45, 2.75) is 58.1 Å². The fourth-order valence-corrected chi connectivity index (χ4v) is 2.71. The van der Waals surface area contributed by atoms with Gasteiger partial charge in [-0.25, -0.2) is 0 Å². The molecule has 0 fully saturated rings. The quantitative estimate of drug-likeness (QED) is 0.457. The van der Waals surface area contributed by atoms with E-state index in [2.05, 4.69) is 16.6 Å². The normalized spacial score (nSPS) is 14.7. The first kappa shape index (κ1) is 21.1. The van der Waals surface area contributed by atoms with Crippen molar-refractivity contribution in [1.29, 1.82) is 0 Å². The summed E-state index contributed by atoms with van der Waals surface area (Å²) >= 11 is 0. The predicted molar refractivity (Wildman–Crippen MR) is 106 cm³/mol. The average Bonchev–Trinajstić information content (AvgIpc) is 2.61. The number of anilines is 1. The number of aliphatic hydroxyl groups excluding tert-OH is 1. The molecule has 1 atom stereocenters. The minimum Gasteiger partial charge on any atom is -0.491 e. The number of ether oxygens (including phenoxy) is 2. The van der Waals surface area contributed by atoms with Crippen LogP contribution >= 0.6 is 0 Å². The molecule has 0 aliphatic carbocycles. The van der Waals surface area contributed by atoms with Gasteiger partial charge in [-0.15, -0.1) is 12.3 Å². The Kier molecular flexibility index (Phi) is 7.52. The summed E-state index contributed by atoms with van der Waals surface area (Å²) in [7, 11) is 0. The Hall–Kier alpha value is -2.23. The van der Waals surface area contributed by atoms with Gasteiger partial charge in [-0.3, -0.25) is 4.79 Å². The standard InChI is InChI=1S/C21H30N2O4/c1-5-6-7-12-26-18-10-9-17(16-8-11-19(25)23-20(16)18)27-14-15(24)13-22-21(2,3)4/h1,9-10,15,22,24H,6-8,11-14H2,2-4H3,(H,23,25). The number of carbonyl (C=O) groups excluding carboxylic acids is 1. The van der Waals surface area contributed by atoms with Gasteiger partial charge in [0, 0.05) is 30.5 Å². The highest BCUT2D eigenvalue weighted by Crippen LogP contribution is 2.39. The Morgan fingerprint density at radius 1 is 1.30 bits per heavy atom. The number of unbranched alkanes of at least 4 members (excludes halogenated alkanes) is 1. The molecular formula is C21H30N2O4. The van der Waals surface area contributed by atoms with E-state index in [0.717, 1.165) is 12.0 Å². The van der Waals surface area contributed by atoms with Crippen molar-refractivity contribution in [3.8, 4) is 23.8 Å². The maximum Gasteiger partial charge on any atom is 0.224 e. The molecule has 27 heavy (non-hydrogen) atoms. The van der Waals surface area contributed by atoms with Crippen molar-refractivity contribution in [3.63, 3.8) is 0 Å². The van der Waals surface area contributed by atoms with E-state index in [-0.39, 0.29) is 18.1 Å². The number of hydrogen-bond acceptors (Lipinski definition) is 5. The number of carbonyl (C=O) groups is 1. The molecular weight excluding hydrogens is 344 g/mol. The van der Waals surface area contributed by atoms with E-state index in [4.69, 9.17) is 15.9 Å². The molecule has 148 valence electrons. The molecule has 1 heterocycles. The third-order valence-electron chi connectivity index (χ3n) is 4.12. The lowest BCUT2D eigenvalue weighted by Crippen LogP contribution is -2.42. The molecule has 1 aliphatic heterocycles. The molecule has 6 nitrogen and oxygen atoms in total. The first-order valence-electron chi connectivity index (χ1n) is 9.38. The summed E-state index contributed by atoms with van der Waals surface area (Å²) in [6.45, 7) is 7.24. The minimum absolute atomic E-state index is 0.0393. The van der Waals surface area contributed by atoms with Crippen molar-refractivity contribution in [2.24, 2.45) is 0 Å². The largest absolute Gasteiger partial charge is 0.491 e. The maximum absolute atomic E-state index is 11.8. The Balaban J connectivity index is 2.03. The van der Waals surface area contributed by atoms with Crippen molar-refractivity contribution in [2.75, 3.05) is 25.1 Å². The topological polar surface area (TPSA) is 79.8 Å². The van der Waals surface area contributed by atoms with Crippen molar-refractivity contribution < 1.29 is 19.4 Å². The first-order chi connectivity index (χ1) is 12.8. The molecule has 1 aliphatic rings. The molecule has 0 saturated heterocycles. The number of amides is 1. The van der Waals surface area contributed by atoms with Crippen LogP contribution in [0.5, 0.6) is 11.5 Å². The smallest absolute Gasteiger partial charge is 0.224 e. The van der Waals surface area contributed by atoms with E-state index in [1.807, 2.05) is 26.8 Å². The minimum atomic E-state index is -0.627. The van der Waals surface area contributed by atoms with Gasteiger partial charge in [0.15, 0.2) is 0 Å². The molecule has 1 aromatic rings. The molecule has 3 N–H and O–H groups in total. The van der Waals surface area contributed by atoms with Crippen molar-refractivity contribution in [1.82, 2.24) is 5.32 Å². The fraction of sp³-hybridized carbons (Fsp3) is 0.571. The van der Waals surface area contributed by atoms with Gasteiger partial charge < -0.3 is 25.2 Å². The van der Waals surface area contributed by atoms with E-state index >= 15 is 0 Å². The van der Waals surface area contributed by atoms with Crippen LogP contribution in [0.3, 0.4) is 0 Å². The lowest BCUT2D eigenvalue weighted by atomic mass is 10.0. The number of fused-ring (bicyclic) bond motifs is 1. The number of aliphatic hydroxyl groups is 1. The van der Waals surface area contributed by atoms with E-state index in [0.29, 0.717) is 49.6 Å². The number of terminal acetylenes is 1. The van der Waals surface area contributed by atoms with Crippen LogP contribution in [0, 0.1) is 12.3 Å². The van der Waals surface area contributed by atoms with Crippen LogP contribution in [0.2, 0.25) is 0 Å². The summed E-state index contributed by atoms with van der Waals surface area (Å²) in [5, 5.41) is 16.3. The SMILES string of the molecule is C#CCCCOc1ccc(OCC(O)CNC(C)(C)C)c2c1NC(=O)CC2. The number of hydrogen-bond donors (Lipinski definition) is 3. The zero-order valence-electron chi connectivity index (χ0n) is 16.4. The van der Waals surface area contributed by atoms with Gasteiger partial charge in [-0.05, 0) is 45.7 Å². The maximum atomic E-state index is 11.8. The van der Waals surface area contributed by atoms with Gasteiger partial charge in [-0.2, -0.15) is 0 Å².